The lowest BCUT2D eigenvalue weighted by molar-refractivity contribution is 1.07. The standard InChI is InChI=1S/C11H13ClN4S/c1-7-10(13-2)15-6-16-11(7)14-5-8-3-4-9(12)17-8/h3-4,6H,5H2,1-2H3,(H2,13,14,15,16). The van der Waals surface area contributed by atoms with E-state index < -0.39 is 0 Å². The van der Waals surface area contributed by atoms with Gasteiger partial charge in [-0.3, -0.25) is 0 Å². The van der Waals surface area contributed by atoms with Gasteiger partial charge in [0.2, 0.25) is 0 Å². The average Bonchev–Trinajstić information content (AvgIpc) is 2.74. The van der Waals surface area contributed by atoms with Crippen LogP contribution in [0.5, 0.6) is 0 Å². The number of anilines is 2. The van der Waals surface area contributed by atoms with E-state index in [0.29, 0.717) is 0 Å². The fourth-order valence-corrected chi connectivity index (χ4v) is 2.53. The van der Waals surface area contributed by atoms with Crippen molar-refractivity contribution in [2.45, 2.75) is 13.5 Å². The Balaban J connectivity index is 2.09. The van der Waals surface area contributed by atoms with Crippen LogP contribution < -0.4 is 10.6 Å². The molecule has 0 aromatic carbocycles. The van der Waals surface area contributed by atoms with Gasteiger partial charge in [0.25, 0.3) is 0 Å². The van der Waals surface area contributed by atoms with Crippen LogP contribution in [-0.4, -0.2) is 17.0 Å². The average molecular weight is 269 g/mol. The molecule has 4 nitrogen and oxygen atoms in total. The second kappa shape index (κ2) is 5.33. The van der Waals surface area contributed by atoms with Crippen molar-refractivity contribution in [2.75, 3.05) is 17.7 Å². The number of hydrogen-bond donors (Lipinski definition) is 2. The number of aromatic nitrogens is 2. The van der Waals surface area contributed by atoms with E-state index in [2.05, 4.69) is 20.6 Å². The summed E-state index contributed by atoms with van der Waals surface area (Å²) in [6.07, 6.45) is 1.54. The minimum atomic E-state index is 0.721. The van der Waals surface area contributed by atoms with Gasteiger partial charge in [-0.1, -0.05) is 11.6 Å². The first-order valence-electron chi connectivity index (χ1n) is 5.18. The molecule has 2 aromatic heterocycles. The van der Waals surface area contributed by atoms with Gasteiger partial charge in [0.05, 0.1) is 10.9 Å². The molecule has 0 amide bonds. The number of hydrogen-bond acceptors (Lipinski definition) is 5. The molecule has 0 spiro atoms. The molecule has 0 saturated carbocycles. The summed E-state index contributed by atoms with van der Waals surface area (Å²) in [5, 5.41) is 6.31. The number of halogens is 1. The molecule has 2 N–H and O–H groups in total. The Morgan fingerprint density at radius 3 is 2.71 bits per heavy atom. The number of thiophene rings is 1. The minimum Gasteiger partial charge on any atom is -0.373 e. The SMILES string of the molecule is CNc1ncnc(NCc2ccc(Cl)s2)c1C. The molecular weight excluding hydrogens is 256 g/mol. The second-order valence-electron chi connectivity index (χ2n) is 3.51. The summed E-state index contributed by atoms with van der Waals surface area (Å²) in [6.45, 7) is 2.70. The van der Waals surface area contributed by atoms with Crippen molar-refractivity contribution in [3.05, 3.63) is 33.2 Å². The van der Waals surface area contributed by atoms with Gasteiger partial charge in [-0.05, 0) is 19.1 Å². The van der Waals surface area contributed by atoms with Crippen molar-refractivity contribution in [2.24, 2.45) is 0 Å². The van der Waals surface area contributed by atoms with E-state index in [-0.39, 0.29) is 0 Å². The molecule has 2 aromatic rings. The van der Waals surface area contributed by atoms with Crippen molar-refractivity contribution < 1.29 is 0 Å². The summed E-state index contributed by atoms with van der Waals surface area (Å²) in [4.78, 5) is 9.53. The Bertz CT molecular complexity index is 512. The smallest absolute Gasteiger partial charge is 0.134 e. The van der Waals surface area contributed by atoms with Crippen molar-refractivity contribution in [3.8, 4) is 0 Å². The molecule has 90 valence electrons. The second-order valence-corrected chi connectivity index (χ2v) is 5.30. The van der Waals surface area contributed by atoms with Crippen molar-refractivity contribution >= 4 is 34.6 Å². The van der Waals surface area contributed by atoms with Crippen LogP contribution in [0.2, 0.25) is 4.34 Å². The van der Waals surface area contributed by atoms with E-state index >= 15 is 0 Å². The molecule has 0 radical (unpaired) electrons. The zero-order valence-corrected chi connectivity index (χ0v) is 11.2. The first kappa shape index (κ1) is 12.1. The highest BCUT2D eigenvalue weighted by molar-refractivity contribution is 7.16. The molecule has 6 heteroatoms. The van der Waals surface area contributed by atoms with E-state index in [1.165, 1.54) is 4.88 Å². The third-order valence-electron chi connectivity index (χ3n) is 2.38. The van der Waals surface area contributed by atoms with Crippen LogP contribution in [0, 0.1) is 6.92 Å². The van der Waals surface area contributed by atoms with Crippen LogP contribution >= 0.6 is 22.9 Å². The Morgan fingerprint density at radius 1 is 1.29 bits per heavy atom. The number of nitrogens with zero attached hydrogens (tertiary/aromatic N) is 2. The Hall–Kier alpha value is -1.33. The molecule has 0 aliphatic heterocycles. The number of nitrogens with one attached hydrogen (secondary N) is 2. The summed E-state index contributed by atoms with van der Waals surface area (Å²) >= 11 is 7.44. The molecule has 0 fully saturated rings. The molecule has 0 saturated heterocycles. The van der Waals surface area contributed by atoms with Crippen LogP contribution in [0.3, 0.4) is 0 Å². The zero-order chi connectivity index (χ0) is 12.3. The van der Waals surface area contributed by atoms with Crippen LogP contribution in [0.25, 0.3) is 0 Å². The highest BCUT2D eigenvalue weighted by Gasteiger charge is 2.05. The van der Waals surface area contributed by atoms with E-state index in [1.54, 1.807) is 17.7 Å². The van der Waals surface area contributed by atoms with Crippen LogP contribution in [0.15, 0.2) is 18.5 Å². The first-order valence-corrected chi connectivity index (χ1v) is 6.37. The van der Waals surface area contributed by atoms with Gasteiger partial charge >= 0.3 is 0 Å². The Kier molecular flexibility index (Phi) is 3.81. The summed E-state index contributed by atoms with van der Waals surface area (Å²) in [6, 6.07) is 3.91. The van der Waals surface area contributed by atoms with Gasteiger partial charge in [-0.15, -0.1) is 11.3 Å². The zero-order valence-electron chi connectivity index (χ0n) is 9.62. The molecule has 0 bridgehead atoms. The van der Waals surface area contributed by atoms with Crippen LogP contribution in [0.1, 0.15) is 10.4 Å². The fourth-order valence-electron chi connectivity index (χ4n) is 1.50. The fraction of sp³-hybridized carbons (Fsp3) is 0.273. The molecule has 0 aliphatic rings. The lowest BCUT2D eigenvalue weighted by Gasteiger charge is -2.09. The van der Waals surface area contributed by atoms with Gasteiger partial charge in [0.1, 0.15) is 18.0 Å². The highest BCUT2D eigenvalue weighted by Crippen LogP contribution is 2.23. The Morgan fingerprint density at radius 2 is 2.06 bits per heavy atom. The van der Waals surface area contributed by atoms with Crippen molar-refractivity contribution in [3.63, 3.8) is 0 Å². The molecule has 0 atom stereocenters. The van der Waals surface area contributed by atoms with Gasteiger partial charge in [0.15, 0.2) is 0 Å². The van der Waals surface area contributed by atoms with Crippen molar-refractivity contribution in [1.82, 2.24) is 9.97 Å². The maximum Gasteiger partial charge on any atom is 0.134 e. The summed E-state index contributed by atoms with van der Waals surface area (Å²) < 4.78 is 0.803. The van der Waals surface area contributed by atoms with E-state index in [9.17, 15) is 0 Å². The van der Waals surface area contributed by atoms with E-state index in [4.69, 9.17) is 11.6 Å². The minimum absolute atomic E-state index is 0.721. The predicted octanol–water partition coefficient (Wildman–Crippen LogP) is 3.15. The molecule has 0 aliphatic carbocycles. The van der Waals surface area contributed by atoms with Gasteiger partial charge in [0, 0.05) is 17.5 Å². The predicted molar refractivity (Wildman–Crippen MR) is 73.0 cm³/mol. The largest absolute Gasteiger partial charge is 0.373 e. The van der Waals surface area contributed by atoms with Crippen molar-refractivity contribution in [1.29, 1.82) is 0 Å². The normalized spacial score (nSPS) is 10.3. The summed E-state index contributed by atoms with van der Waals surface area (Å²) in [5.74, 6) is 1.68. The topological polar surface area (TPSA) is 49.8 Å². The molecule has 2 heterocycles. The third kappa shape index (κ3) is 2.87. The Labute approximate surface area is 109 Å². The lowest BCUT2D eigenvalue weighted by atomic mass is 10.3. The number of rotatable bonds is 4. The first-order chi connectivity index (χ1) is 8.20. The van der Waals surface area contributed by atoms with Gasteiger partial charge in [-0.2, -0.15) is 0 Å². The maximum atomic E-state index is 5.88. The monoisotopic (exact) mass is 268 g/mol. The van der Waals surface area contributed by atoms with Crippen LogP contribution in [-0.2, 0) is 6.54 Å². The highest BCUT2D eigenvalue weighted by atomic mass is 35.5. The van der Waals surface area contributed by atoms with E-state index in [0.717, 1.165) is 28.1 Å². The summed E-state index contributed by atoms with van der Waals surface area (Å²) in [7, 11) is 1.85. The lowest BCUT2D eigenvalue weighted by Crippen LogP contribution is -2.05. The molecule has 2 rings (SSSR count). The maximum absolute atomic E-state index is 5.88. The van der Waals surface area contributed by atoms with E-state index in [1.807, 2.05) is 26.1 Å². The molecule has 0 unspecified atom stereocenters. The van der Waals surface area contributed by atoms with Crippen LogP contribution in [0.4, 0.5) is 11.6 Å². The third-order valence-corrected chi connectivity index (χ3v) is 3.61. The molecular formula is C11H13ClN4S. The summed E-state index contributed by atoms with van der Waals surface area (Å²) in [5.41, 5.74) is 1.01. The van der Waals surface area contributed by atoms with Gasteiger partial charge < -0.3 is 10.6 Å². The van der Waals surface area contributed by atoms with Gasteiger partial charge in [-0.25, -0.2) is 9.97 Å². The molecule has 17 heavy (non-hydrogen) atoms. The quantitative estimate of drug-likeness (QED) is 0.894.